The Morgan fingerprint density at radius 2 is 1.92 bits per heavy atom. The molecule has 1 aromatic carbocycles. The molecule has 2 aromatic rings. The molecule has 2 N–H and O–H groups in total. The molecular weight excluding hydrogens is 411 g/mol. The van der Waals surface area contributed by atoms with Crippen LogP contribution >= 0.6 is 0 Å². The van der Waals surface area contributed by atoms with E-state index >= 15 is 0 Å². The monoisotopic (exact) mass is 438 g/mol. The van der Waals surface area contributed by atoms with E-state index in [-0.39, 0.29) is 24.0 Å². The summed E-state index contributed by atoms with van der Waals surface area (Å²) in [7, 11) is 0. The second-order valence-corrected chi connectivity index (χ2v) is 6.28. The first kappa shape index (κ1) is 19.0. The molecule has 0 aliphatic carbocycles. The minimum absolute atomic E-state index is 0. The summed E-state index contributed by atoms with van der Waals surface area (Å²) in [5.41, 5.74) is 8.83. The van der Waals surface area contributed by atoms with Gasteiger partial charge in [-0.2, -0.15) is 0 Å². The van der Waals surface area contributed by atoms with Crippen molar-refractivity contribution in [3.63, 3.8) is 0 Å². The molecule has 0 radical (unpaired) electrons. The Morgan fingerprint density at radius 3 is 2.71 bits per heavy atom. The van der Waals surface area contributed by atoms with Gasteiger partial charge in [-0.1, -0.05) is 55.8 Å². The zero-order valence-corrected chi connectivity index (χ0v) is 16.6. The number of aryl methyl sites for hydroxylation is 1. The number of nitrogen functional groups attached to an aromatic ring is 1. The van der Waals surface area contributed by atoms with E-state index < -0.39 is 0 Å². The number of benzene rings is 1. The maximum absolute atomic E-state index is 6.18. The Bertz CT molecular complexity index is 660. The van der Waals surface area contributed by atoms with Gasteiger partial charge >= 0.3 is 5.95 Å². The first-order chi connectivity index (χ1) is 11.3. The van der Waals surface area contributed by atoms with E-state index in [4.69, 9.17) is 5.73 Å². The Hall–Kier alpha value is -1.37. The molecule has 0 bridgehead atoms. The molecule has 3 rings (SSSR count). The van der Waals surface area contributed by atoms with Crippen LogP contribution in [0.5, 0.6) is 0 Å². The molecular formula is C19H27IN4. The minimum atomic E-state index is 0. The van der Waals surface area contributed by atoms with Crippen LogP contribution in [0.3, 0.4) is 0 Å². The summed E-state index contributed by atoms with van der Waals surface area (Å²) in [6.07, 6.45) is 9.51. The molecule has 4 nitrogen and oxygen atoms in total. The molecule has 5 heteroatoms. The molecule has 1 aliphatic rings. The molecule has 130 valence electrons. The molecule has 0 amide bonds. The molecule has 0 fully saturated rings. The van der Waals surface area contributed by atoms with Crippen LogP contribution in [0.1, 0.15) is 44.6 Å². The van der Waals surface area contributed by atoms with Gasteiger partial charge in [0.2, 0.25) is 5.82 Å². The maximum atomic E-state index is 6.18. The van der Waals surface area contributed by atoms with Crippen LogP contribution in [0.2, 0.25) is 0 Å². The third kappa shape index (κ3) is 4.37. The lowest BCUT2D eigenvalue weighted by molar-refractivity contribution is -0.685. The van der Waals surface area contributed by atoms with Crippen LogP contribution in [0.4, 0.5) is 17.5 Å². The predicted molar refractivity (Wildman–Crippen MR) is 94.8 cm³/mol. The van der Waals surface area contributed by atoms with E-state index in [1.165, 1.54) is 43.4 Å². The lowest BCUT2D eigenvalue weighted by atomic mass is 10.1. The second kappa shape index (κ2) is 9.20. The van der Waals surface area contributed by atoms with Crippen LogP contribution in [0.15, 0.2) is 36.5 Å². The molecule has 1 aliphatic heterocycles. The van der Waals surface area contributed by atoms with Crippen molar-refractivity contribution in [2.24, 2.45) is 0 Å². The van der Waals surface area contributed by atoms with Gasteiger partial charge in [-0.15, -0.1) is 0 Å². The molecule has 0 spiro atoms. The maximum Gasteiger partial charge on any atom is 0.391 e. The summed E-state index contributed by atoms with van der Waals surface area (Å²) in [6, 6.07) is 10.6. The predicted octanol–water partition coefficient (Wildman–Crippen LogP) is 0.620. The Kier molecular flexibility index (Phi) is 7.27. The Labute approximate surface area is 162 Å². The second-order valence-electron chi connectivity index (χ2n) is 6.28. The lowest BCUT2D eigenvalue weighted by Crippen LogP contribution is -3.00. The van der Waals surface area contributed by atoms with E-state index in [0.717, 1.165) is 25.3 Å². The summed E-state index contributed by atoms with van der Waals surface area (Å²) in [5, 5.41) is 0. The molecule has 2 heterocycles. The number of halogens is 1. The third-order valence-electron chi connectivity index (χ3n) is 4.59. The van der Waals surface area contributed by atoms with Gasteiger partial charge in [0.15, 0.2) is 0 Å². The van der Waals surface area contributed by atoms with Crippen LogP contribution in [-0.2, 0) is 13.0 Å². The van der Waals surface area contributed by atoms with Crippen molar-refractivity contribution in [1.82, 2.24) is 4.98 Å². The molecule has 0 saturated carbocycles. The number of para-hydroxylation sites is 1. The van der Waals surface area contributed by atoms with Crippen molar-refractivity contribution < 1.29 is 28.5 Å². The molecule has 0 atom stereocenters. The van der Waals surface area contributed by atoms with E-state index in [9.17, 15) is 0 Å². The third-order valence-corrected chi connectivity index (χ3v) is 4.59. The fraction of sp³-hybridized carbons (Fsp3) is 0.474. The number of fused-ring (bicyclic) bond motifs is 1. The summed E-state index contributed by atoms with van der Waals surface area (Å²) in [5.74, 6) is 1.57. The van der Waals surface area contributed by atoms with E-state index in [1.54, 1.807) is 0 Å². The fourth-order valence-corrected chi connectivity index (χ4v) is 3.25. The number of hydrogen-bond donors (Lipinski definition) is 1. The van der Waals surface area contributed by atoms with Gasteiger partial charge in [0.1, 0.15) is 0 Å². The van der Waals surface area contributed by atoms with Gasteiger partial charge in [0.25, 0.3) is 0 Å². The Morgan fingerprint density at radius 1 is 1.12 bits per heavy atom. The number of nitrogens with two attached hydrogens (primary N) is 1. The van der Waals surface area contributed by atoms with Gasteiger partial charge in [-0.3, -0.25) is 5.73 Å². The normalized spacial score (nSPS) is 12.8. The van der Waals surface area contributed by atoms with E-state index in [0.29, 0.717) is 5.95 Å². The molecule has 0 unspecified atom stereocenters. The smallest absolute Gasteiger partial charge is 0.391 e. The molecule has 24 heavy (non-hydrogen) atoms. The summed E-state index contributed by atoms with van der Waals surface area (Å²) in [6.45, 7) is 4.18. The first-order valence-corrected chi connectivity index (χ1v) is 8.81. The molecule has 1 aromatic heterocycles. The van der Waals surface area contributed by atoms with Crippen molar-refractivity contribution >= 4 is 17.5 Å². The topological polar surface area (TPSA) is 46.0 Å². The zero-order valence-electron chi connectivity index (χ0n) is 14.4. The van der Waals surface area contributed by atoms with Crippen molar-refractivity contribution in [3.05, 3.63) is 42.1 Å². The standard InChI is InChI=1S/C19H26N4.HI/c1-2-3-4-5-8-13-22-14-12-18(21-19(22)20)23-15-11-16-9-6-7-10-17(16)23;/h6-7,9-10,12,14,20H,2-5,8,11,13,15H2,1H3;1H. The minimum Gasteiger partial charge on any atom is -1.00 e. The Balaban J connectivity index is 0.00000208. The number of hydrogen-bond acceptors (Lipinski definition) is 3. The number of anilines is 3. The number of rotatable bonds is 7. The largest absolute Gasteiger partial charge is 1.00 e. The lowest BCUT2D eigenvalue weighted by Gasteiger charge is -2.16. The van der Waals surface area contributed by atoms with Crippen molar-refractivity contribution in [2.45, 2.75) is 52.0 Å². The van der Waals surface area contributed by atoms with Crippen molar-refractivity contribution in [1.29, 1.82) is 0 Å². The van der Waals surface area contributed by atoms with Gasteiger partial charge in [0, 0.05) is 18.3 Å². The quantitative estimate of drug-likeness (QED) is 0.392. The van der Waals surface area contributed by atoms with Gasteiger partial charge in [0.05, 0.1) is 12.7 Å². The zero-order chi connectivity index (χ0) is 16.1. The summed E-state index contributed by atoms with van der Waals surface area (Å²) < 4.78 is 2.07. The average molecular weight is 438 g/mol. The van der Waals surface area contributed by atoms with E-state index in [1.807, 2.05) is 0 Å². The number of nitrogens with zero attached hydrogens (tertiary/aromatic N) is 3. The van der Waals surface area contributed by atoms with Crippen LogP contribution in [0.25, 0.3) is 0 Å². The highest BCUT2D eigenvalue weighted by Crippen LogP contribution is 2.32. The summed E-state index contributed by atoms with van der Waals surface area (Å²) in [4.78, 5) is 6.90. The fourth-order valence-electron chi connectivity index (χ4n) is 3.25. The number of aromatic nitrogens is 2. The van der Waals surface area contributed by atoms with Crippen molar-refractivity contribution in [3.8, 4) is 0 Å². The SMILES string of the molecule is CCCCCCC[n+]1ccc(N2CCc3ccccc32)nc1N.[I-]. The highest BCUT2D eigenvalue weighted by molar-refractivity contribution is 5.67. The number of unbranched alkanes of at least 4 members (excludes halogenated alkanes) is 4. The van der Waals surface area contributed by atoms with Crippen LogP contribution in [0, 0.1) is 0 Å². The van der Waals surface area contributed by atoms with Gasteiger partial charge < -0.3 is 28.9 Å². The summed E-state index contributed by atoms with van der Waals surface area (Å²) >= 11 is 0. The van der Waals surface area contributed by atoms with Gasteiger partial charge in [-0.25, -0.2) is 4.57 Å². The van der Waals surface area contributed by atoms with E-state index in [2.05, 4.69) is 57.9 Å². The van der Waals surface area contributed by atoms with Gasteiger partial charge in [-0.05, 0) is 24.5 Å². The van der Waals surface area contributed by atoms with Crippen LogP contribution in [-0.4, -0.2) is 11.5 Å². The molecule has 0 saturated heterocycles. The average Bonchev–Trinajstić information content (AvgIpc) is 3.00. The first-order valence-electron chi connectivity index (χ1n) is 8.81. The van der Waals surface area contributed by atoms with Crippen molar-refractivity contribution in [2.75, 3.05) is 17.2 Å². The van der Waals surface area contributed by atoms with Crippen LogP contribution < -0.4 is 39.2 Å². The highest BCUT2D eigenvalue weighted by Gasteiger charge is 2.23. The highest BCUT2D eigenvalue weighted by atomic mass is 127.